The Morgan fingerprint density at radius 3 is 2.96 bits per heavy atom. The van der Waals surface area contributed by atoms with Gasteiger partial charge in [-0.3, -0.25) is 9.69 Å². The lowest BCUT2D eigenvalue weighted by molar-refractivity contribution is -0.116. The van der Waals surface area contributed by atoms with Gasteiger partial charge in [0.1, 0.15) is 5.82 Å². The monoisotopic (exact) mass is 375 g/mol. The maximum Gasteiger partial charge on any atom is 0.225 e. The number of piperazine rings is 1. The van der Waals surface area contributed by atoms with Gasteiger partial charge in [-0.25, -0.2) is 4.39 Å². The Morgan fingerprint density at radius 2 is 2.15 bits per heavy atom. The molecule has 2 aromatic carbocycles. The van der Waals surface area contributed by atoms with Gasteiger partial charge in [-0.15, -0.1) is 0 Å². The van der Waals surface area contributed by atoms with Crippen LogP contribution in [0.5, 0.6) is 0 Å². The summed E-state index contributed by atoms with van der Waals surface area (Å²) in [6.07, 6.45) is 0.354. The van der Waals surface area contributed by atoms with Crippen LogP contribution in [-0.4, -0.2) is 37.0 Å². The average molecular weight is 376 g/mol. The molecule has 138 valence electrons. The standard InChI is InChI=1S/C20H23ClFN3O/c1-14-17(22)6-3-7-18(14)24-20(26)8-10-25-11-9-23-13-19(25)15-4-2-5-16(21)12-15/h2-7,12,19,23H,8-11,13H2,1H3,(H,24,26). The van der Waals surface area contributed by atoms with E-state index in [-0.39, 0.29) is 17.8 Å². The number of carbonyl (C=O) groups excluding carboxylic acids is 1. The van der Waals surface area contributed by atoms with E-state index in [1.54, 1.807) is 19.1 Å². The number of anilines is 1. The third kappa shape index (κ3) is 4.61. The highest BCUT2D eigenvalue weighted by Crippen LogP contribution is 2.25. The van der Waals surface area contributed by atoms with Crippen LogP contribution < -0.4 is 10.6 Å². The van der Waals surface area contributed by atoms with Crippen molar-refractivity contribution < 1.29 is 9.18 Å². The molecule has 3 rings (SSSR count). The number of carbonyl (C=O) groups is 1. The maximum atomic E-state index is 13.6. The van der Waals surface area contributed by atoms with Gasteiger partial charge >= 0.3 is 0 Å². The SMILES string of the molecule is Cc1c(F)cccc1NC(=O)CCN1CCNCC1c1cccc(Cl)c1. The molecular formula is C20H23ClFN3O. The molecule has 1 atom stereocenters. The molecule has 1 heterocycles. The molecule has 0 saturated carbocycles. The average Bonchev–Trinajstić information content (AvgIpc) is 2.64. The Morgan fingerprint density at radius 1 is 1.35 bits per heavy atom. The molecule has 1 saturated heterocycles. The highest BCUT2D eigenvalue weighted by Gasteiger charge is 2.24. The topological polar surface area (TPSA) is 44.4 Å². The molecule has 2 N–H and O–H groups in total. The first-order valence-electron chi connectivity index (χ1n) is 8.80. The molecule has 4 nitrogen and oxygen atoms in total. The molecular weight excluding hydrogens is 353 g/mol. The van der Waals surface area contributed by atoms with Crippen molar-refractivity contribution in [2.45, 2.75) is 19.4 Å². The van der Waals surface area contributed by atoms with Crippen molar-refractivity contribution in [3.8, 4) is 0 Å². The van der Waals surface area contributed by atoms with Crippen LogP contribution in [0.15, 0.2) is 42.5 Å². The minimum atomic E-state index is -0.314. The molecule has 0 radical (unpaired) electrons. The van der Waals surface area contributed by atoms with Crippen LogP contribution in [0.3, 0.4) is 0 Å². The summed E-state index contributed by atoms with van der Waals surface area (Å²) < 4.78 is 13.6. The summed E-state index contributed by atoms with van der Waals surface area (Å²) in [5, 5.41) is 6.92. The molecule has 1 unspecified atom stereocenters. The summed E-state index contributed by atoms with van der Waals surface area (Å²) in [6.45, 7) is 4.88. The van der Waals surface area contributed by atoms with E-state index in [1.165, 1.54) is 6.07 Å². The van der Waals surface area contributed by atoms with Crippen molar-refractivity contribution in [2.75, 3.05) is 31.5 Å². The highest BCUT2D eigenvalue weighted by molar-refractivity contribution is 6.30. The van der Waals surface area contributed by atoms with E-state index in [9.17, 15) is 9.18 Å². The predicted octanol–water partition coefficient (Wildman–Crippen LogP) is 3.76. The maximum absolute atomic E-state index is 13.6. The van der Waals surface area contributed by atoms with Crippen LogP contribution in [-0.2, 0) is 4.79 Å². The molecule has 1 amide bonds. The van der Waals surface area contributed by atoms with Gasteiger partial charge in [-0.2, -0.15) is 0 Å². The zero-order valence-corrected chi connectivity index (χ0v) is 15.5. The van der Waals surface area contributed by atoms with Crippen LogP contribution in [0.2, 0.25) is 5.02 Å². The quantitative estimate of drug-likeness (QED) is 0.836. The molecule has 0 aromatic heterocycles. The highest BCUT2D eigenvalue weighted by atomic mass is 35.5. The van der Waals surface area contributed by atoms with E-state index in [4.69, 9.17) is 11.6 Å². The molecule has 1 aliphatic rings. The number of nitrogens with zero attached hydrogens (tertiary/aromatic N) is 1. The minimum absolute atomic E-state index is 0.109. The third-order valence-electron chi connectivity index (χ3n) is 4.76. The third-order valence-corrected chi connectivity index (χ3v) is 4.99. The van der Waals surface area contributed by atoms with Crippen LogP contribution in [0.25, 0.3) is 0 Å². The van der Waals surface area contributed by atoms with Gasteiger partial charge in [0.15, 0.2) is 0 Å². The number of halogens is 2. The molecule has 0 bridgehead atoms. The van der Waals surface area contributed by atoms with E-state index in [0.717, 1.165) is 25.2 Å². The number of rotatable bonds is 5. The number of amides is 1. The first-order chi connectivity index (χ1) is 12.5. The molecule has 1 aliphatic heterocycles. The van der Waals surface area contributed by atoms with Crippen LogP contribution >= 0.6 is 11.6 Å². The largest absolute Gasteiger partial charge is 0.326 e. The lowest BCUT2D eigenvalue weighted by Gasteiger charge is -2.36. The minimum Gasteiger partial charge on any atom is -0.326 e. The second-order valence-electron chi connectivity index (χ2n) is 6.52. The van der Waals surface area contributed by atoms with Crippen LogP contribution in [0, 0.1) is 12.7 Å². The first-order valence-corrected chi connectivity index (χ1v) is 9.17. The van der Waals surface area contributed by atoms with Gasteiger partial charge in [0.2, 0.25) is 5.91 Å². The fourth-order valence-electron chi connectivity index (χ4n) is 3.26. The molecule has 1 fully saturated rings. The Balaban J connectivity index is 1.61. The number of nitrogens with one attached hydrogen (secondary N) is 2. The van der Waals surface area contributed by atoms with Gasteiger partial charge in [-0.05, 0) is 36.8 Å². The van der Waals surface area contributed by atoms with Gasteiger partial charge in [0.25, 0.3) is 0 Å². The summed E-state index contributed by atoms with van der Waals surface area (Å²) >= 11 is 6.12. The fourth-order valence-corrected chi connectivity index (χ4v) is 3.46. The lowest BCUT2D eigenvalue weighted by atomic mass is 10.0. The normalized spacial score (nSPS) is 17.9. The Bertz CT molecular complexity index is 783. The summed E-state index contributed by atoms with van der Waals surface area (Å²) in [5.74, 6) is -0.423. The van der Waals surface area contributed by atoms with Crippen molar-refractivity contribution in [3.05, 3.63) is 64.4 Å². The first kappa shape index (κ1) is 18.8. The number of hydrogen-bond donors (Lipinski definition) is 2. The van der Waals surface area contributed by atoms with Crippen molar-refractivity contribution in [2.24, 2.45) is 0 Å². The van der Waals surface area contributed by atoms with Crippen LogP contribution in [0.1, 0.15) is 23.6 Å². The Kier molecular flexibility index (Phi) is 6.25. The van der Waals surface area contributed by atoms with E-state index in [2.05, 4.69) is 21.6 Å². The Labute approximate surface area is 158 Å². The lowest BCUT2D eigenvalue weighted by Crippen LogP contribution is -2.46. The van der Waals surface area contributed by atoms with E-state index >= 15 is 0 Å². The van der Waals surface area contributed by atoms with Crippen LogP contribution in [0.4, 0.5) is 10.1 Å². The van der Waals surface area contributed by atoms with Crippen molar-refractivity contribution in [1.29, 1.82) is 0 Å². The number of benzene rings is 2. The predicted molar refractivity (Wildman–Crippen MR) is 103 cm³/mol. The fraction of sp³-hybridized carbons (Fsp3) is 0.350. The van der Waals surface area contributed by atoms with Crippen molar-refractivity contribution >= 4 is 23.2 Å². The summed E-state index contributed by atoms with van der Waals surface area (Å²) in [4.78, 5) is 14.6. The Hall–Kier alpha value is -1.95. The molecule has 6 heteroatoms. The molecule has 2 aromatic rings. The smallest absolute Gasteiger partial charge is 0.225 e. The van der Waals surface area contributed by atoms with Gasteiger partial charge in [0, 0.05) is 54.9 Å². The van der Waals surface area contributed by atoms with E-state index in [0.29, 0.717) is 29.2 Å². The molecule has 0 spiro atoms. The second-order valence-corrected chi connectivity index (χ2v) is 6.96. The zero-order valence-electron chi connectivity index (χ0n) is 14.8. The summed E-state index contributed by atoms with van der Waals surface area (Å²) in [6, 6.07) is 12.7. The van der Waals surface area contributed by atoms with Crippen molar-refractivity contribution in [1.82, 2.24) is 10.2 Å². The van der Waals surface area contributed by atoms with E-state index < -0.39 is 0 Å². The number of hydrogen-bond acceptors (Lipinski definition) is 3. The van der Waals surface area contributed by atoms with Gasteiger partial charge in [0.05, 0.1) is 0 Å². The second kappa shape index (κ2) is 8.62. The van der Waals surface area contributed by atoms with Gasteiger partial charge < -0.3 is 10.6 Å². The van der Waals surface area contributed by atoms with Crippen molar-refractivity contribution in [3.63, 3.8) is 0 Å². The van der Waals surface area contributed by atoms with Gasteiger partial charge in [-0.1, -0.05) is 29.8 Å². The van der Waals surface area contributed by atoms with E-state index in [1.807, 2.05) is 18.2 Å². The molecule has 26 heavy (non-hydrogen) atoms. The summed E-state index contributed by atoms with van der Waals surface area (Å²) in [7, 11) is 0. The zero-order chi connectivity index (χ0) is 18.5. The summed E-state index contributed by atoms with van der Waals surface area (Å²) in [5.41, 5.74) is 2.13. The molecule has 0 aliphatic carbocycles.